The summed E-state index contributed by atoms with van der Waals surface area (Å²) in [4.78, 5) is 0. The Morgan fingerprint density at radius 2 is 1.79 bits per heavy atom. The number of benzene rings is 1. The maximum atomic E-state index is 5.84. The van der Waals surface area contributed by atoms with Gasteiger partial charge in [0.2, 0.25) is 0 Å². The second-order valence-electron chi connectivity index (χ2n) is 2.84. The number of hydrogen-bond acceptors (Lipinski definition) is 0. The Hall–Kier alpha value is -1.54. The third-order valence-electron chi connectivity index (χ3n) is 1.74. The molecule has 0 spiro atoms. The maximum absolute atomic E-state index is 5.84. The van der Waals surface area contributed by atoms with E-state index in [1.807, 2.05) is 54.9 Å². The fourth-order valence-corrected chi connectivity index (χ4v) is 1.31. The molecule has 0 aliphatic carbocycles. The Morgan fingerprint density at radius 1 is 1.00 bits per heavy atom. The fraction of sp³-hybridized carbons (Fsp3) is 0. The molecule has 0 bridgehead atoms. The Labute approximate surface area is 87.7 Å². The van der Waals surface area contributed by atoms with Crippen LogP contribution in [0.15, 0.2) is 54.9 Å². The SMILES string of the molecule is Clc1cccc([N-][n+]2ccccc2)c1. The molecule has 0 aliphatic rings. The average molecular weight is 205 g/mol. The smallest absolute Gasteiger partial charge is 0.164 e. The molecule has 0 saturated carbocycles. The minimum atomic E-state index is 0.697. The highest BCUT2D eigenvalue weighted by Crippen LogP contribution is 2.19. The first-order valence-electron chi connectivity index (χ1n) is 4.28. The Balaban J connectivity index is 2.19. The highest BCUT2D eigenvalue weighted by atomic mass is 35.5. The molecule has 0 unspecified atom stereocenters. The molecule has 0 atom stereocenters. The van der Waals surface area contributed by atoms with Crippen molar-refractivity contribution in [1.29, 1.82) is 0 Å². The van der Waals surface area contributed by atoms with Gasteiger partial charge in [-0.05, 0) is 6.07 Å². The second-order valence-corrected chi connectivity index (χ2v) is 3.27. The van der Waals surface area contributed by atoms with Crippen LogP contribution in [0.3, 0.4) is 0 Å². The van der Waals surface area contributed by atoms with Crippen molar-refractivity contribution in [2.75, 3.05) is 0 Å². The van der Waals surface area contributed by atoms with Gasteiger partial charge in [-0.15, -0.1) is 0 Å². The molecule has 2 aromatic rings. The predicted octanol–water partition coefficient (Wildman–Crippen LogP) is 3.10. The topological polar surface area (TPSA) is 18.0 Å². The highest BCUT2D eigenvalue weighted by Gasteiger charge is 1.88. The van der Waals surface area contributed by atoms with E-state index in [0.29, 0.717) is 5.02 Å². The van der Waals surface area contributed by atoms with E-state index in [4.69, 9.17) is 11.6 Å². The average Bonchev–Trinajstić information content (AvgIpc) is 2.19. The van der Waals surface area contributed by atoms with Crippen molar-refractivity contribution in [3.63, 3.8) is 0 Å². The molecule has 14 heavy (non-hydrogen) atoms. The minimum Gasteiger partial charge on any atom is -0.405 e. The zero-order valence-electron chi connectivity index (χ0n) is 7.47. The molecular formula is C11H9ClN2. The number of pyridine rings is 1. The van der Waals surface area contributed by atoms with Gasteiger partial charge in [0, 0.05) is 17.2 Å². The first-order chi connectivity index (χ1) is 6.84. The molecule has 1 aromatic heterocycles. The zero-order chi connectivity index (χ0) is 9.80. The summed E-state index contributed by atoms with van der Waals surface area (Å²) in [6, 6.07) is 13.2. The van der Waals surface area contributed by atoms with Crippen molar-refractivity contribution in [2.45, 2.75) is 0 Å². The van der Waals surface area contributed by atoms with Crippen LogP contribution < -0.4 is 4.68 Å². The van der Waals surface area contributed by atoms with E-state index in [1.165, 1.54) is 0 Å². The van der Waals surface area contributed by atoms with Crippen LogP contribution in [0, 0.1) is 0 Å². The van der Waals surface area contributed by atoms with E-state index in [9.17, 15) is 0 Å². The molecule has 2 nitrogen and oxygen atoms in total. The summed E-state index contributed by atoms with van der Waals surface area (Å²) in [7, 11) is 0. The molecule has 0 fully saturated rings. The molecular weight excluding hydrogens is 196 g/mol. The van der Waals surface area contributed by atoms with Gasteiger partial charge >= 0.3 is 0 Å². The van der Waals surface area contributed by atoms with Gasteiger partial charge in [-0.2, -0.15) is 0 Å². The number of nitrogens with zero attached hydrogens (tertiary/aromatic N) is 2. The summed E-state index contributed by atoms with van der Waals surface area (Å²) in [5.74, 6) is 0. The van der Waals surface area contributed by atoms with Crippen molar-refractivity contribution < 1.29 is 4.68 Å². The van der Waals surface area contributed by atoms with Crippen molar-refractivity contribution in [3.8, 4) is 0 Å². The molecule has 0 amide bonds. The molecule has 3 heteroatoms. The van der Waals surface area contributed by atoms with Gasteiger partial charge in [-0.3, -0.25) is 0 Å². The van der Waals surface area contributed by atoms with E-state index in [-0.39, 0.29) is 0 Å². The summed E-state index contributed by atoms with van der Waals surface area (Å²) in [6.45, 7) is 0. The number of halogens is 1. The molecule has 0 saturated heterocycles. The van der Waals surface area contributed by atoms with E-state index in [0.717, 1.165) is 5.69 Å². The number of rotatable bonds is 2. The molecule has 0 radical (unpaired) electrons. The quantitative estimate of drug-likeness (QED) is 0.670. The van der Waals surface area contributed by atoms with Crippen LogP contribution in [-0.2, 0) is 0 Å². The van der Waals surface area contributed by atoms with Crippen LogP contribution in [0.2, 0.25) is 5.02 Å². The van der Waals surface area contributed by atoms with Crippen molar-refractivity contribution in [2.24, 2.45) is 0 Å². The maximum Gasteiger partial charge on any atom is 0.164 e. The molecule has 1 heterocycles. The van der Waals surface area contributed by atoms with E-state index < -0.39 is 0 Å². The standard InChI is InChI=1S/C11H9ClN2/c12-10-5-4-6-11(9-10)13-14-7-2-1-3-8-14/h1-9H. The van der Waals surface area contributed by atoms with Gasteiger partial charge in [0.25, 0.3) is 0 Å². The van der Waals surface area contributed by atoms with Crippen LogP contribution in [0.1, 0.15) is 0 Å². The highest BCUT2D eigenvalue weighted by molar-refractivity contribution is 6.30. The van der Waals surface area contributed by atoms with E-state index in [1.54, 1.807) is 4.68 Å². The summed E-state index contributed by atoms with van der Waals surface area (Å²) >= 11 is 5.84. The second kappa shape index (κ2) is 4.11. The molecule has 2 rings (SSSR count). The van der Waals surface area contributed by atoms with Crippen LogP contribution >= 0.6 is 11.6 Å². The van der Waals surface area contributed by atoms with Crippen LogP contribution in [0.25, 0.3) is 5.43 Å². The fourth-order valence-electron chi connectivity index (χ4n) is 1.13. The molecule has 1 aromatic carbocycles. The van der Waals surface area contributed by atoms with Gasteiger partial charge in [0.05, 0.1) is 0 Å². The lowest BCUT2D eigenvalue weighted by Gasteiger charge is -2.13. The third kappa shape index (κ3) is 2.24. The Kier molecular flexibility index (Phi) is 2.65. The van der Waals surface area contributed by atoms with Gasteiger partial charge in [0.1, 0.15) is 0 Å². The molecule has 0 aliphatic heterocycles. The van der Waals surface area contributed by atoms with E-state index >= 15 is 0 Å². The van der Waals surface area contributed by atoms with E-state index in [2.05, 4.69) is 5.43 Å². The predicted molar refractivity (Wildman–Crippen MR) is 56.5 cm³/mol. The zero-order valence-corrected chi connectivity index (χ0v) is 8.22. The van der Waals surface area contributed by atoms with Crippen molar-refractivity contribution >= 4 is 17.3 Å². The summed E-state index contributed by atoms with van der Waals surface area (Å²) in [5, 5.41) is 0.697. The van der Waals surface area contributed by atoms with Crippen LogP contribution in [0.5, 0.6) is 0 Å². The Morgan fingerprint density at radius 3 is 2.50 bits per heavy atom. The summed E-state index contributed by atoms with van der Waals surface area (Å²) < 4.78 is 1.74. The van der Waals surface area contributed by atoms with Crippen LogP contribution in [0.4, 0.5) is 5.69 Å². The minimum absolute atomic E-state index is 0.697. The first kappa shape index (κ1) is 9.03. The van der Waals surface area contributed by atoms with Gasteiger partial charge in [-0.25, -0.2) is 4.68 Å². The number of aromatic nitrogens is 1. The molecule has 0 N–H and O–H groups in total. The lowest BCUT2D eigenvalue weighted by Crippen LogP contribution is -2.25. The first-order valence-corrected chi connectivity index (χ1v) is 4.66. The Bertz CT molecular complexity index is 415. The van der Waals surface area contributed by atoms with Crippen molar-refractivity contribution in [3.05, 3.63) is 65.3 Å². The summed E-state index contributed by atoms with van der Waals surface area (Å²) in [5.41, 5.74) is 5.18. The lowest BCUT2D eigenvalue weighted by molar-refractivity contribution is -0.619. The van der Waals surface area contributed by atoms with Gasteiger partial charge < -0.3 is 5.43 Å². The monoisotopic (exact) mass is 204 g/mol. The number of hydrogen-bond donors (Lipinski definition) is 0. The van der Waals surface area contributed by atoms with Crippen molar-refractivity contribution in [1.82, 2.24) is 0 Å². The van der Waals surface area contributed by atoms with Gasteiger partial charge in [-0.1, -0.05) is 41.6 Å². The summed E-state index contributed by atoms with van der Waals surface area (Å²) in [6.07, 6.45) is 3.75. The molecule has 70 valence electrons. The lowest BCUT2D eigenvalue weighted by atomic mass is 10.3. The van der Waals surface area contributed by atoms with Gasteiger partial charge in [0.15, 0.2) is 12.4 Å². The van der Waals surface area contributed by atoms with Crippen LogP contribution in [-0.4, -0.2) is 0 Å². The third-order valence-corrected chi connectivity index (χ3v) is 1.97. The largest absolute Gasteiger partial charge is 0.405 e. The normalized spacial score (nSPS) is 9.79.